The molecule has 0 saturated heterocycles. The number of benzene rings is 2. The van der Waals surface area contributed by atoms with Gasteiger partial charge in [0.1, 0.15) is 17.0 Å². The summed E-state index contributed by atoms with van der Waals surface area (Å²) in [6, 6.07) is 15.8. The van der Waals surface area contributed by atoms with Crippen molar-refractivity contribution < 1.29 is 9.15 Å². The van der Waals surface area contributed by atoms with Crippen molar-refractivity contribution in [3.05, 3.63) is 70.1 Å². The highest BCUT2D eigenvalue weighted by Crippen LogP contribution is 2.43. The molecule has 2 aromatic carbocycles. The fourth-order valence-corrected chi connectivity index (χ4v) is 3.78. The third-order valence-corrected chi connectivity index (χ3v) is 4.87. The van der Waals surface area contributed by atoms with Crippen LogP contribution in [0.2, 0.25) is 0 Å². The molecule has 5 rings (SSSR count). The molecule has 1 aromatic heterocycles. The van der Waals surface area contributed by atoms with Crippen LogP contribution < -0.4 is 15.7 Å². The summed E-state index contributed by atoms with van der Waals surface area (Å²) in [4.78, 5) is 12.4. The molecule has 0 radical (unpaired) electrons. The van der Waals surface area contributed by atoms with Crippen LogP contribution in [0.25, 0.3) is 11.0 Å². The SMILES string of the molecule is O=c1oc2ccccc2c2c1N[C@@H]1c3ccccc3OC[C@@H]1C2. The van der Waals surface area contributed by atoms with Crippen molar-refractivity contribution in [2.75, 3.05) is 11.9 Å². The molecular formula is C19H15NO3. The van der Waals surface area contributed by atoms with E-state index in [4.69, 9.17) is 9.15 Å². The Morgan fingerprint density at radius 2 is 1.87 bits per heavy atom. The van der Waals surface area contributed by atoms with Crippen LogP contribution in [0.3, 0.4) is 0 Å². The maximum Gasteiger partial charge on any atom is 0.360 e. The Kier molecular flexibility index (Phi) is 2.56. The van der Waals surface area contributed by atoms with E-state index in [-0.39, 0.29) is 11.7 Å². The van der Waals surface area contributed by atoms with Gasteiger partial charge >= 0.3 is 5.63 Å². The standard InChI is InChI=1S/C19H15NO3/c21-19-18-14(12-5-1-4-8-16(12)23-19)9-11-10-22-15-7-3-2-6-13(15)17(11)20-18/h1-8,11,17,20H,9-10H2/t11-,17-/m0/s1. The van der Waals surface area contributed by atoms with Crippen molar-refractivity contribution in [2.24, 2.45) is 5.92 Å². The predicted molar refractivity (Wildman–Crippen MR) is 88.0 cm³/mol. The summed E-state index contributed by atoms with van der Waals surface area (Å²) in [6.07, 6.45) is 0.813. The molecule has 0 amide bonds. The molecule has 23 heavy (non-hydrogen) atoms. The van der Waals surface area contributed by atoms with Crippen LogP contribution in [-0.4, -0.2) is 6.61 Å². The molecule has 3 heterocycles. The van der Waals surface area contributed by atoms with E-state index in [1.807, 2.05) is 42.5 Å². The average molecular weight is 305 g/mol. The lowest BCUT2D eigenvalue weighted by Gasteiger charge is -2.38. The van der Waals surface area contributed by atoms with Gasteiger partial charge < -0.3 is 14.5 Å². The van der Waals surface area contributed by atoms with Gasteiger partial charge in [0.2, 0.25) is 0 Å². The lowest BCUT2D eigenvalue weighted by molar-refractivity contribution is 0.197. The summed E-state index contributed by atoms with van der Waals surface area (Å²) in [6.45, 7) is 0.655. The summed E-state index contributed by atoms with van der Waals surface area (Å²) < 4.78 is 11.4. The maximum atomic E-state index is 12.4. The normalized spacial score (nSPS) is 21.6. The molecule has 2 aliphatic rings. The number of rotatable bonds is 0. The third kappa shape index (κ3) is 1.81. The summed E-state index contributed by atoms with van der Waals surface area (Å²) in [7, 11) is 0. The second-order valence-electron chi connectivity index (χ2n) is 6.17. The van der Waals surface area contributed by atoms with Gasteiger partial charge in [0.15, 0.2) is 0 Å². The second kappa shape index (κ2) is 4.62. The first-order chi connectivity index (χ1) is 11.3. The quantitative estimate of drug-likeness (QED) is 0.646. The van der Waals surface area contributed by atoms with Crippen molar-refractivity contribution >= 4 is 16.7 Å². The maximum absolute atomic E-state index is 12.4. The summed E-state index contributed by atoms with van der Waals surface area (Å²) in [5, 5.41) is 4.44. The first kappa shape index (κ1) is 12.8. The zero-order valence-corrected chi connectivity index (χ0v) is 12.4. The monoisotopic (exact) mass is 305 g/mol. The van der Waals surface area contributed by atoms with Crippen molar-refractivity contribution in [2.45, 2.75) is 12.5 Å². The van der Waals surface area contributed by atoms with Gasteiger partial charge in [-0.25, -0.2) is 4.79 Å². The smallest absolute Gasteiger partial charge is 0.360 e. The van der Waals surface area contributed by atoms with Gasteiger partial charge in [0.05, 0.1) is 12.6 Å². The summed E-state index contributed by atoms with van der Waals surface area (Å²) in [5.74, 6) is 1.21. The Morgan fingerprint density at radius 3 is 2.83 bits per heavy atom. The first-order valence-corrected chi connectivity index (χ1v) is 7.84. The number of para-hydroxylation sites is 2. The fraction of sp³-hybridized carbons (Fsp3) is 0.211. The van der Waals surface area contributed by atoms with Crippen LogP contribution in [-0.2, 0) is 6.42 Å². The third-order valence-electron chi connectivity index (χ3n) is 4.87. The minimum absolute atomic E-state index is 0.0940. The summed E-state index contributed by atoms with van der Waals surface area (Å²) >= 11 is 0. The van der Waals surface area contributed by atoms with Gasteiger partial charge in [-0.2, -0.15) is 0 Å². The van der Waals surface area contributed by atoms with Crippen LogP contribution in [0.4, 0.5) is 5.69 Å². The Hall–Kier alpha value is -2.75. The van der Waals surface area contributed by atoms with Crippen LogP contribution >= 0.6 is 0 Å². The molecule has 0 bridgehead atoms. The second-order valence-corrected chi connectivity index (χ2v) is 6.17. The molecule has 0 fully saturated rings. The van der Waals surface area contributed by atoms with E-state index in [9.17, 15) is 4.79 Å². The molecule has 0 aliphatic carbocycles. The topological polar surface area (TPSA) is 51.5 Å². The lowest BCUT2D eigenvalue weighted by atomic mass is 9.82. The molecule has 1 N–H and O–H groups in total. The van der Waals surface area contributed by atoms with E-state index in [2.05, 4.69) is 11.4 Å². The molecule has 2 atom stereocenters. The molecule has 2 aliphatic heterocycles. The van der Waals surface area contributed by atoms with Crippen molar-refractivity contribution in [3.8, 4) is 5.75 Å². The largest absolute Gasteiger partial charge is 0.493 e. The van der Waals surface area contributed by atoms with Gasteiger partial charge in [0, 0.05) is 16.9 Å². The minimum Gasteiger partial charge on any atom is -0.493 e. The Morgan fingerprint density at radius 1 is 1.04 bits per heavy atom. The minimum atomic E-state index is -0.291. The van der Waals surface area contributed by atoms with E-state index < -0.39 is 0 Å². The highest BCUT2D eigenvalue weighted by Gasteiger charge is 2.37. The number of fused-ring (bicyclic) bond motifs is 6. The lowest BCUT2D eigenvalue weighted by Crippen LogP contribution is -2.37. The van der Waals surface area contributed by atoms with E-state index in [1.165, 1.54) is 0 Å². The van der Waals surface area contributed by atoms with Gasteiger partial charge in [-0.3, -0.25) is 0 Å². The molecule has 114 valence electrons. The van der Waals surface area contributed by atoms with Gasteiger partial charge in [-0.1, -0.05) is 36.4 Å². The Bertz CT molecular complexity index is 976. The molecule has 0 spiro atoms. The molecule has 4 heteroatoms. The molecule has 0 unspecified atom stereocenters. The van der Waals surface area contributed by atoms with Crippen LogP contribution in [0.15, 0.2) is 57.7 Å². The highest BCUT2D eigenvalue weighted by atomic mass is 16.5. The van der Waals surface area contributed by atoms with E-state index in [1.54, 1.807) is 0 Å². The highest BCUT2D eigenvalue weighted by molar-refractivity contribution is 5.85. The van der Waals surface area contributed by atoms with Gasteiger partial charge in [-0.15, -0.1) is 0 Å². The van der Waals surface area contributed by atoms with E-state index in [0.717, 1.165) is 28.7 Å². The first-order valence-electron chi connectivity index (χ1n) is 7.84. The number of ether oxygens (including phenoxy) is 1. The van der Waals surface area contributed by atoms with Crippen molar-refractivity contribution in [1.29, 1.82) is 0 Å². The molecule has 4 nitrogen and oxygen atoms in total. The molecule has 3 aromatic rings. The van der Waals surface area contributed by atoms with Gasteiger partial charge in [0.25, 0.3) is 0 Å². The van der Waals surface area contributed by atoms with Crippen LogP contribution in [0, 0.1) is 5.92 Å². The predicted octanol–water partition coefficient (Wildman–Crippen LogP) is 3.51. The number of hydrogen-bond donors (Lipinski definition) is 1. The number of hydrogen-bond acceptors (Lipinski definition) is 4. The average Bonchev–Trinajstić information content (AvgIpc) is 2.60. The van der Waals surface area contributed by atoms with Crippen molar-refractivity contribution in [1.82, 2.24) is 0 Å². The van der Waals surface area contributed by atoms with Gasteiger partial charge in [-0.05, 0) is 24.1 Å². The molecular weight excluding hydrogens is 290 g/mol. The number of nitrogens with one attached hydrogen (secondary N) is 1. The Labute approximate surface area is 132 Å². The molecule has 0 saturated carbocycles. The van der Waals surface area contributed by atoms with Crippen LogP contribution in [0.1, 0.15) is 17.2 Å². The van der Waals surface area contributed by atoms with E-state index in [0.29, 0.717) is 23.8 Å². The number of anilines is 1. The van der Waals surface area contributed by atoms with Crippen molar-refractivity contribution in [3.63, 3.8) is 0 Å². The summed E-state index contributed by atoms with van der Waals surface area (Å²) in [5.41, 5.74) is 3.11. The van der Waals surface area contributed by atoms with E-state index >= 15 is 0 Å². The fourth-order valence-electron chi connectivity index (χ4n) is 3.78. The zero-order chi connectivity index (χ0) is 15.4. The zero-order valence-electron chi connectivity index (χ0n) is 12.4. The Balaban J connectivity index is 1.71. The van der Waals surface area contributed by atoms with Crippen LogP contribution in [0.5, 0.6) is 5.75 Å².